The zero-order chi connectivity index (χ0) is 17.5. The molecule has 0 atom stereocenters. The van der Waals surface area contributed by atoms with Gasteiger partial charge >= 0.3 is 0 Å². The van der Waals surface area contributed by atoms with Gasteiger partial charge in [0.2, 0.25) is 0 Å². The minimum atomic E-state index is 1.04. The summed E-state index contributed by atoms with van der Waals surface area (Å²) in [6, 6.07) is 19.5. The van der Waals surface area contributed by atoms with Gasteiger partial charge in [0, 0.05) is 59.1 Å². The zero-order valence-corrected chi connectivity index (χ0v) is 15.4. The van der Waals surface area contributed by atoms with Crippen LogP contribution in [0.3, 0.4) is 0 Å². The summed E-state index contributed by atoms with van der Waals surface area (Å²) in [4.78, 5) is 7.23. The Morgan fingerprint density at radius 3 is 2.12 bits per heavy atom. The van der Waals surface area contributed by atoms with E-state index in [-0.39, 0.29) is 0 Å². The van der Waals surface area contributed by atoms with E-state index in [1.54, 1.807) is 0 Å². The van der Waals surface area contributed by atoms with Crippen molar-refractivity contribution >= 4 is 11.8 Å². The minimum absolute atomic E-state index is 1.04. The minimum Gasteiger partial charge on any atom is -0.378 e. The lowest BCUT2D eigenvalue weighted by Gasteiger charge is -2.34. The highest BCUT2D eigenvalue weighted by Crippen LogP contribution is 2.14. The molecular weight excluding hydrogens is 306 g/mol. The fourth-order valence-electron chi connectivity index (χ4n) is 3.19. The van der Waals surface area contributed by atoms with Crippen molar-refractivity contribution in [2.45, 2.75) is 6.54 Å². The van der Waals surface area contributed by atoms with Gasteiger partial charge in [0.25, 0.3) is 0 Å². The van der Waals surface area contributed by atoms with Gasteiger partial charge in [-0.15, -0.1) is 0 Å². The Morgan fingerprint density at radius 2 is 1.48 bits per heavy atom. The molecule has 0 aliphatic carbocycles. The topological polar surface area (TPSA) is 9.72 Å². The van der Waals surface area contributed by atoms with Crippen LogP contribution >= 0.6 is 0 Å². The summed E-state index contributed by atoms with van der Waals surface area (Å²) in [5.74, 6) is 0. The monoisotopic (exact) mass is 335 g/mol. The maximum Gasteiger partial charge on any atom is 0.0361 e. The Morgan fingerprint density at radius 1 is 0.840 bits per heavy atom. The predicted molar refractivity (Wildman–Crippen MR) is 108 cm³/mol. The second kappa shape index (κ2) is 8.84. The van der Waals surface area contributed by atoms with E-state index in [0.29, 0.717) is 0 Å². The van der Waals surface area contributed by atoms with Crippen molar-refractivity contribution in [3.8, 4) is 0 Å². The number of anilines is 1. The Kier molecular flexibility index (Phi) is 6.26. The largest absolute Gasteiger partial charge is 0.378 e. The van der Waals surface area contributed by atoms with Crippen molar-refractivity contribution < 1.29 is 0 Å². The third-order valence-electron chi connectivity index (χ3n) is 4.80. The van der Waals surface area contributed by atoms with Crippen molar-refractivity contribution in [1.82, 2.24) is 9.80 Å². The highest BCUT2D eigenvalue weighted by molar-refractivity contribution is 5.48. The molecule has 0 radical (unpaired) electrons. The maximum atomic E-state index is 2.56. The van der Waals surface area contributed by atoms with Crippen molar-refractivity contribution in [3.63, 3.8) is 0 Å². The average Bonchev–Trinajstić information content (AvgIpc) is 2.64. The van der Waals surface area contributed by atoms with Crippen LogP contribution in [0.15, 0.2) is 60.7 Å². The molecule has 132 valence electrons. The molecule has 0 amide bonds. The molecule has 0 unspecified atom stereocenters. The molecule has 2 aromatic carbocycles. The summed E-state index contributed by atoms with van der Waals surface area (Å²) in [5.41, 5.74) is 3.95. The highest BCUT2D eigenvalue weighted by Gasteiger charge is 2.15. The van der Waals surface area contributed by atoms with Crippen molar-refractivity contribution in [3.05, 3.63) is 71.8 Å². The number of benzene rings is 2. The molecule has 0 aromatic heterocycles. The van der Waals surface area contributed by atoms with Crippen LogP contribution in [0.4, 0.5) is 5.69 Å². The first-order valence-electron chi connectivity index (χ1n) is 9.13. The van der Waals surface area contributed by atoms with Gasteiger partial charge in [0.1, 0.15) is 0 Å². The van der Waals surface area contributed by atoms with E-state index in [1.807, 2.05) is 0 Å². The van der Waals surface area contributed by atoms with Gasteiger partial charge in [-0.2, -0.15) is 0 Å². The fraction of sp³-hybridized carbons (Fsp3) is 0.364. The second-order valence-electron chi connectivity index (χ2n) is 6.95. The van der Waals surface area contributed by atoms with Crippen molar-refractivity contribution in [1.29, 1.82) is 0 Å². The second-order valence-corrected chi connectivity index (χ2v) is 6.95. The fourth-order valence-corrected chi connectivity index (χ4v) is 3.19. The summed E-state index contributed by atoms with van der Waals surface area (Å²) in [6.45, 7) is 6.69. The maximum absolute atomic E-state index is 2.56. The first kappa shape index (κ1) is 17.7. The van der Waals surface area contributed by atoms with Crippen molar-refractivity contribution in [2.75, 3.05) is 51.7 Å². The molecule has 3 rings (SSSR count). The van der Waals surface area contributed by atoms with Crippen LogP contribution in [0.5, 0.6) is 0 Å². The number of piperazine rings is 1. The summed E-state index contributed by atoms with van der Waals surface area (Å²) in [5, 5.41) is 0. The molecule has 0 spiro atoms. The van der Waals surface area contributed by atoms with Gasteiger partial charge in [-0.3, -0.25) is 9.80 Å². The smallest absolute Gasteiger partial charge is 0.0361 e. The molecule has 0 saturated carbocycles. The van der Waals surface area contributed by atoms with Crippen LogP contribution in [-0.4, -0.2) is 56.6 Å². The molecule has 3 nitrogen and oxygen atoms in total. The van der Waals surface area contributed by atoms with Gasteiger partial charge in [0.05, 0.1) is 0 Å². The molecule has 1 fully saturated rings. The van der Waals surface area contributed by atoms with Crippen molar-refractivity contribution in [2.24, 2.45) is 0 Å². The Bertz CT molecular complexity index is 653. The molecular formula is C22H29N3. The van der Waals surface area contributed by atoms with E-state index in [9.17, 15) is 0 Å². The van der Waals surface area contributed by atoms with E-state index in [0.717, 1.165) is 39.3 Å². The zero-order valence-electron chi connectivity index (χ0n) is 15.4. The summed E-state index contributed by atoms with van der Waals surface area (Å²) in [7, 11) is 4.17. The quantitative estimate of drug-likeness (QED) is 0.799. The van der Waals surface area contributed by atoms with Crippen LogP contribution in [0.1, 0.15) is 11.1 Å². The van der Waals surface area contributed by atoms with Gasteiger partial charge in [0.15, 0.2) is 0 Å². The lowest BCUT2D eigenvalue weighted by Crippen LogP contribution is -2.45. The van der Waals surface area contributed by atoms with Crippen LogP contribution in [0.2, 0.25) is 0 Å². The van der Waals surface area contributed by atoms with Gasteiger partial charge < -0.3 is 4.90 Å². The van der Waals surface area contributed by atoms with E-state index in [1.165, 1.54) is 16.8 Å². The molecule has 1 saturated heterocycles. The molecule has 3 heteroatoms. The van der Waals surface area contributed by atoms with E-state index < -0.39 is 0 Å². The first-order chi connectivity index (χ1) is 12.2. The molecule has 1 heterocycles. The first-order valence-corrected chi connectivity index (χ1v) is 9.13. The SMILES string of the molecule is CN(C)c1ccc(CN2CCN(C/C=C/c3ccccc3)CC2)cc1. The molecule has 2 aromatic rings. The number of hydrogen-bond acceptors (Lipinski definition) is 3. The van der Waals surface area contributed by atoms with Gasteiger partial charge in [-0.1, -0.05) is 54.6 Å². The molecule has 0 N–H and O–H groups in total. The third kappa shape index (κ3) is 5.45. The summed E-state index contributed by atoms with van der Waals surface area (Å²) >= 11 is 0. The van der Waals surface area contributed by atoms with E-state index in [2.05, 4.69) is 95.5 Å². The van der Waals surface area contributed by atoms with E-state index >= 15 is 0 Å². The van der Waals surface area contributed by atoms with Gasteiger partial charge in [-0.25, -0.2) is 0 Å². The third-order valence-corrected chi connectivity index (χ3v) is 4.80. The van der Waals surface area contributed by atoms with Crippen LogP contribution in [0, 0.1) is 0 Å². The summed E-state index contributed by atoms with van der Waals surface area (Å²) in [6.07, 6.45) is 4.50. The van der Waals surface area contributed by atoms with E-state index in [4.69, 9.17) is 0 Å². The molecule has 1 aliphatic heterocycles. The molecule has 1 aliphatic rings. The Balaban J connectivity index is 1.42. The standard InChI is InChI=1S/C22H29N3/c1-23(2)22-12-10-21(11-13-22)19-25-17-15-24(16-18-25)14-6-9-20-7-4-3-5-8-20/h3-13H,14-19H2,1-2H3/b9-6+. The van der Waals surface area contributed by atoms with Crippen LogP contribution < -0.4 is 4.90 Å². The molecule has 0 bridgehead atoms. The van der Waals surface area contributed by atoms with Crippen LogP contribution in [0.25, 0.3) is 6.08 Å². The normalized spacial score (nSPS) is 16.4. The summed E-state index contributed by atoms with van der Waals surface area (Å²) < 4.78 is 0. The number of hydrogen-bond donors (Lipinski definition) is 0. The number of rotatable bonds is 6. The predicted octanol–water partition coefficient (Wildman–Crippen LogP) is 3.58. The van der Waals surface area contributed by atoms with Gasteiger partial charge in [-0.05, 0) is 23.3 Å². The van der Waals surface area contributed by atoms with Crippen LogP contribution in [-0.2, 0) is 6.54 Å². The number of nitrogens with zero attached hydrogens (tertiary/aromatic N) is 3. The molecule has 25 heavy (non-hydrogen) atoms. The Labute approximate surface area is 152 Å². The highest BCUT2D eigenvalue weighted by atomic mass is 15.3. The Hall–Kier alpha value is -2.10. The lowest BCUT2D eigenvalue weighted by atomic mass is 10.1. The average molecular weight is 335 g/mol. The lowest BCUT2D eigenvalue weighted by molar-refractivity contribution is 0.137.